The molecule has 0 unspecified atom stereocenters. The van der Waals surface area contributed by atoms with Crippen molar-refractivity contribution in [1.29, 1.82) is 0 Å². The van der Waals surface area contributed by atoms with Crippen LogP contribution in [0.3, 0.4) is 0 Å². The van der Waals surface area contributed by atoms with E-state index in [0.29, 0.717) is 6.47 Å². The van der Waals surface area contributed by atoms with Crippen molar-refractivity contribution in [2.75, 3.05) is 7.11 Å². The van der Waals surface area contributed by atoms with E-state index in [4.69, 9.17) is 14.7 Å². The number of hydrogen-bond donors (Lipinski definition) is 1. The summed E-state index contributed by atoms with van der Waals surface area (Å²) in [5, 5.41) is 6.76. The van der Waals surface area contributed by atoms with Crippen LogP contribution < -0.4 is 0 Å². The third kappa shape index (κ3) is 141. The number of hydrogen-bond acceptors (Lipinski definition) is 3. The van der Waals surface area contributed by atoms with Crippen molar-refractivity contribution < 1.29 is 52.1 Å². The largest absolute Gasteiger partial charge is 0.665 e. The number of aliphatic hydroxyl groups excluding tert-OH is 1. The van der Waals surface area contributed by atoms with E-state index in [1.54, 1.807) is 0 Å². The Morgan fingerprint density at radius 3 is 1.62 bits per heavy atom. The van der Waals surface area contributed by atoms with Crippen LogP contribution in [-0.4, -0.2) is 25.2 Å². The van der Waals surface area contributed by atoms with E-state index in [0.717, 1.165) is 0 Å². The fourth-order valence-corrected chi connectivity index (χ4v) is 0. The van der Waals surface area contributed by atoms with Crippen LogP contribution in [0.4, 0.5) is 0 Å². The number of rotatable bonds is 1. The average Bonchev–Trinajstić information content (AvgIpc) is 1.69. The summed E-state index contributed by atoms with van der Waals surface area (Å²) in [6.07, 6.45) is 0. The maximum absolute atomic E-state index is 8.83. The molecule has 0 amide bonds. The zero-order valence-corrected chi connectivity index (χ0v) is 7.09. The first kappa shape index (κ1) is 15.7. The van der Waals surface area contributed by atoms with Gasteiger partial charge in [0.15, 0.2) is 0 Å². The van der Waals surface area contributed by atoms with Gasteiger partial charge in [-0.05, 0) is 0 Å². The smallest absolute Gasteiger partial charge is 0.0362 e. The number of methoxy groups -OCH3 is 1. The van der Waals surface area contributed by atoms with E-state index in [1.807, 2.05) is 0 Å². The maximum atomic E-state index is 8.83. The van der Waals surface area contributed by atoms with Crippen molar-refractivity contribution in [3.8, 4) is 0 Å². The van der Waals surface area contributed by atoms with Crippen LogP contribution in [0.1, 0.15) is 0 Å². The summed E-state index contributed by atoms with van der Waals surface area (Å²) >= 11 is 0. The van der Waals surface area contributed by atoms with Crippen molar-refractivity contribution in [3.63, 3.8) is 0 Å². The van der Waals surface area contributed by atoms with Gasteiger partial charge in [0.05, 0.1) is 0 Å². The molecular weight excluding hydrogens is 189 g/mol. The fourth-order valence-electron chi connectivity index (χ4n) is 0. The molecule has 0 rings (SSSR count). The Hall–Kier alpha value is 0.0439. The second-order valence-electron chi connectivity index (χ2n) is 0.379. The SMILES string of the molecule is CO[C-]=O.O=[C-]O.[Y]. The summed E-state index contributed by atoms with van der Waals surface area (Å²) < 4.78 is 3.74. The molecule has 0 aliphatic heterocycles. The molecule has 0 spiro atoms. The first-order valence-electron chi connectivity index (χ1n) is 1.24. The Kier molecular flexibility index (Phi) is 54.5. The Morgan fingerprint density at radius 1 is 1.50 bits per heavy atom. The van der Waals surface area contributed by atoms with Gasteiger partial charge in [-0.15, -0.1) is 0 Å². The summed E-state index contributed by atoms with van der Waals surface area (Å²) in [4.78, 5) is 17.1. The van der Waals surface area contributed by atoms with Crippen molar-refractivity contribution in [3.05, 3.63) is 0 Å². The van der Waals surface area contributed by atoms with Gasteiger partial charge < -0.3 is 19.4 Å². The van der Waals surface area contributed by atoms with Crippen LogP contribution in [0.5, 0.6) is 0 Å². The van der Waals surface area contributed by atoms with E-state index in [9.17, 15) is 0 Å². The van der Waals surface area contributed by atoms with E-state index in [2.05, 4.69) is 4.74 Å². The standard InChI is InChI=1S/C2H3O2.CHO2.Y/c1-4-2-3;2-1-3;/h1H3;(H,2,3);/q2*-1;. The minimum atomic E-state index is 0. The maximum Gasteiger partial charge on any atom is 0.0362 e. The van der Waals surface area contributed by atoms with Gasteiger partial charge in [0, 0.05) is 39.8 Å². The Bertz CT molecular complexity index is 46.5. The molecule has 0 aliphatic rings. The van der Waals surface area contributed by atoms with E-state index in [1.165, 1.54) is 13.6 Å². The normalized spacial score (nSPS) is 4.12. The molecule has 0 heterocycles. The second-order valence-corrected chi connectivity index (χ2v) is 0.379. The van der Waals surface area contributed by atoms with Gasteiger partial charge in [-0.2, -0.15) is 0 Å². The zero-order chi connectivity index (χ0) is 6.12. The van der Waals surface area contributed by atoms with Crippen molar-refractivity contribution >= 4 is 12.9 Å². The van der Waals surface area contributed by atoms with Crippen LogP contribution in [0.2, 0.25) is 0 Å². The average molecular weight is 193 g/mol. The molecule has 8 heavy (non-hydrogen) atoms. The first-order valence-corrected chi connectivity index (χ1v) is 1.24. The Morgan fingerprint density at radius 2 is 1.62 bits per heavy atom. The molecule has 1 radical (unpaired) electrons. The molecule has 0 bridgehead atoms. The molecule has 0 saturated carbocycles. The first-order chi connectivity index (χ1) is 3.33. The molecule has 0 saturated heterocycles. The van der Waals surface area contributed by atoms with Crippen LogP contribution in [0, 0.1) is 0 Å². The predicted molar refractivity (Wildman–Crippen MR) is 21.0 cm³/mol. The molecule has 0 aromatic carbocycles. The summed E-state index contributed by atoms with van der Waals surface area (Å²) in [6.45, 7) is 1.68. The second kappa shape index (κ2) is 27.8. The zero-order valence-electron chi connectivity index (χ0n) is 4.25. The van der Waals surface area contributed by atoms with Crippen LogP contribution >= 0.6 is 0 Å². The summed E-state index contributed by atoms with van der Waals surface area (Å²) in [7, 11) is 1.26. The van der Waals surface area contributed by atoms with Crippen LogP contribution in [0.25, 0.3) is 0 Å². The molecular formula is C3H4O4Y-2. The molecule has 0 fully saturated rings. The number of carbonyl (C=O) groups excluding carboxylic acids is 1. The van der Waals surface area contributed by atoms with Gasteiger partial charge in [0.2, 0.25) is 0 Å². The molecule has 45 valence electrons. The van der Waals surface area contributed by atoms with Crippen LogP contribution in [-0.2, 0) is 47.0 Å². The van der Waals surface area contributed by atoms with E-state index >= 15 is 0 Å². The van der Waals surface area contributed by atoms with E-state index in [-0.39, 0.29) is 32.7 Å². The topological polar surface area (TPSA) is 63.6 Å². The minimum Gasteiger partial charge on any atom is -0.665 e. The minimum absolute atomic E-state index is 0. The summed E-state index contributed by atoms with van der Waals surface area (Å²) in [5.74, 6) is 0. The molecule has 0 aliphatic carbocycles. The van der Waals surface area contributed by atoms with Gasteiger partial charge in [-0.1, -0.05) is 12.9 Å². The summed E-state index contributed by atoms with van der Waals surface area (Å²) in [6, 6.07) is 0. The summed E-state index contributed by atoms with van der Waals surface area (Å²) in [5.41, 5.74) is 0. The molecule has 4 nitrogen and oxygen atoms in total. The third-order valence-corrected chi connectivity index (χ3v) is 0.0833. The van der Waals surface area contributed by atoms with Gasteiger partial charge >= 0.3 is 0 Å². The van der Waals surface area contributed by atoms with E-state index < -0.39 is 0 Å². The van der Waals surface area contributed by atoms with Crippen molar-refractivity contribution in [2.24, 2.45) is 0 Å². The Balaban J connectivity index is -0.0000000575. The quantitative estimate of drug-likeness (QED) is 0.559. The fraction of sp³-hybridized carbons (Fsp3) is 0.333. The van der Waals surface area contributed by atoms with Gasteiger partial charge in [0.25, 0.3) is 0 Å². The Labute approximate surface area is 72.1 Å². The van der Waals surface area contributed by atoms with Gasteiger partial charge in [-0.25, -0.2) is 0 Å². The van der Waals surface area contributed by atoms with Gasteiger partial charge in [-0.3, -0.25) is 0 Å². The molecule has 5 heteroatoms. The monoisotopic (exact) mass is 193 g/mol. The molecule has 0 atom stereocenters. The van der Waals surface area contributed by atoms with Crippen LogP contribution in [0.15, 0.2) is 0 Å². The third-order valence-electron chi connectivity index (χ3n) is 0.0833. The molecule has 0 aromatic heterocycles. The molecule has 1 N–H and O–H groups in total. The molecule has 0 aromatic rings. The number of ether oxygens (including phenoxy) is 1. The van der Waals surface area contributed by atoms with Gasteiger partial charge in [0.1, 0.15) is 0 Å². The van der Waals surface area contributed by atoms with Crippen molar-refractivity contribution in [1.82, 2.24) is 0 Å². The van der Waals surface area contributed by atoms with Crippen molar-refractivity contribution in [2.45, 2.75) is 0 Å². The predicted octanol–water partition coefficient (Wildman–Crippen LogP) is -0.691.